The average molecular weight is 431 g/mol. The Morgan fingerprint density at radius 2 is 1.97 bits per heavy atom. The van der Waals surface area contributed by atoms with Crippen LogP contribution in [0.4, 0.5) is 5.82 Å². The third-order valence-electron chi connectivity index (χ3n) is 5.05. The molecular weight excluding hydrogens is 408 g/mol. The summed E-state index contributed by atoms with van der Waals surface area (Å²) in [6.45, 7) is 7.17. The number of aryl methyl sites for hydroxylation is 1. The third kappa shape index (κ3) is 3.58. The smallest absolute Gasteiger partial charge is 0.267 e. The fourth-order valence-electron chi connectivity index (χ4n) is 3.70. The molecule has 0 bridgehead atoms. The van der Waals surface area contributed by atoms with Gasteiger partial charge in [0.05, 0.1) is 22.7 Å². The number of thiocarbonyl (C=S) groups is 1. The van der Waals surface area contributed by atoms with Gasteiger partial charge in [-0.2, -0.15) is 0 Å². The topological polar surface area (TPSA) is 67.2 Å². The van der Waals surface area contributed by atoms with Crippen LogP contribution in [0.25, 0.3) is 11.7 Å². The van der Waals surface area contributed by atoms with Crippen molar-refractivity contribution in [2.75, 3.05) is 25.0 Å². The molecule has 152 valence electrons. The summed E-state index contributed by atoms with van der Waals surface area (Å²) in [6, 6.07) is 3.75. The first-order chi connectivity index (χ1) is 13.8. The van der Waals surface area contributed by atoms with E-state index in [9.17, 15) is 9.59 Å². The number of carbonyl (C=O) groups is 1. The number of nitrogens with zero attached hydrogens (tertiary/aromatic N) is 4. The van der Waals surface area contributed by atoms with E-state index < -0.39 is 0 Å². The van der Waals surface area contributed by atoms with Gasteiger partial charge in [-0.15, -0.1) is 0 Å². The number of morpholine rings is 1. The van der Waals surface area contributed by atoms with Crippen LogP contribution >= 0.6 is 24.0 Å². The van der Waals surface area contributed by atoms with Gasteiger partial charge in [-0.3, -0.25) is 18.9 Å². The first-order valence-corrected chi connectivity index (χ1v) is 10.6. The number of amides is 1. The molecule has 9 heteroatoms. The van der Waals surface area contributed by atoms with Crippen molar-refractivity contribution in [1.29, 1.82) is 0 Å². The number of pyridine rings is 1. The minimum absolute atomic E-state index is 0.0116. The van der Waals surface area contributed by atoms with Crippen LogP contribution in [0.5, 0.6) is 0 Å². The Labute approximate surface area is 178 Å². The number of likely N-dealkylation sites (N-methyl/N-ethyl adjacent to an activating group) is 1. The van der Waals surface area contributed by atoms with Gasteiger partial charge in [-0.1, -0.05) is 30.0 Å². The first-order valence-electron chi connectivity index (χ1n) is 9.40. The van der Waals surface area contributed by atoms with E-state index >= 15 is 0 Å². The van der Waals surface area contributed by atoms with Crippen LogP contribution in [0, 0.1) is 6.92 Å². The van der Waals surface area contributed by atoms with Crippen molar-refractivity contribution in [1.82, 2.24) is 14.3 Å². The second-order valence-corrected chi connectivity index (χ2v) is 9.12. The highest BCUT2D eigenvalue weighted by Gasteiger charge is 2.31. The zero-order valence-corrected chi connectivity index (χ0v) is 18.3. The number of hydrogen-bond acceptors (Lipinski definition) is 7. The molecule has 4 rings (SSSR count). The molecule has 0 aromatic carbocycles. The molecule has 1 amide bonds. The Hall–Kier alpha value is -2.23. The normalized spacial score (nSPS) is 24.2. The van der Waals surface area contributed by atoms with Gasteiger partial charge >= 0.3 is 0 Å². The molecule has 0 unspecified atom stereocenters. The number of anilines is 1. The summed E-state index contributed by atoms with van der Waals surface area (Å²) < 4.78 is 7.85. The van der Waals surface area contributed by atoms with E-state index in [-0.39, 0.29) is 23.7 Å². The summed E-state index contributed by atoms with van der Waals surface area (Å²) in [4.78, 5) is 34.7. The quantitative estimate of drug-likeness (QED) is 0.536. The molecule has 2 aliphatic rings. The van der Waals surface area contributed by atoms with E-state index in [2.05, 4.69) is 4.90 Å². The maximum atomic E-state index is 13.4. The third-order valence-corrected chi connectivity index (χ3v) is 6.53. The van der Waals surface area contributed by atoms with Crippen LogP contribution in [0.1, 0.15) is 25.0 Å². The molecule has 2 aliphatic heterocycles. The lowest BCUT2D eigenvalue weighted by Gasteiger charge is -2.36. The number of ether oxygens (including phenoxy) is 1. The molecule has 0 radical (unpaired) electrons. The summed E-state index contributed by atoms with van der Waals surface area (Å²) in [5.74, 6) is 0.371. The summed E-state index contributed by atoms with van der Waals surface area (Å²) in [5.41, 5.74) is 1.70. The number of hydrogen-bond donors (Lipinski definition) is 0. The van der Waals surface area contributed by atoms with Crippen LogP contribution in [0.15, 0.2) is 28.0 Å². The molecule has 0 aliphatic carbocycles. The van der Waals surface area contributed by atoms with Gasteiger partial charge in [-0.05, 0) is 38.5 Å². The van der Waals surface area contributed by atoms with Gasteiger partial charge in [0.15, 0.2) is 0 Å². The van der Waals surface area contributed by atoms with Gasteiger partial charge in [0.2, 0.25) is 0 Å². The van der Waals surface area contributed by atoms with Gasteiger partial charge in [-0.25, -0.2) is 4.98 Å². The van der Waals surface area contributed by atoms with Crippen LogP contribution in [0.2, 0.25) is 0 Å². The number of carbonyl (C=O) groups excluding carboxylic acids is 1. The van der Waals surface area contributed by atoms with Crippen LogP contribution in [0.3, 0.4) is 0 Å². The fourth-order valence-corrected chi connectivity index (χ4v) is 4.86. The van der Waals surface area contributed by atoms with Crippen molar-refractivity contribution >= 4 is 51.7 Å². The predicted molar refractivity (Wildman–Crippen MR) is 119 cm³/mol. The SMILES string of the molecule is Cc1cccn2c(=O)c(/C=C3/SC(=S)N(C)C3=O)c(N3C[C@@H](C)O[C@H](C)C3)nc12. The number of thioether (sulfide) groups is 1. The van der Waals surface area contributed by atoms with Crippen molar-refractivity contribution in [3.05, 3.63) is 44.7 Å². The Balaban J connectivity index is 1.94. The maximum absolute atomic E-state index is 13.4. The minimum atomic E-state index is -0.207. The van der Waals surface area contributed by atoms with Gasteiger partial charge in [0, 0.05) is 26.3 Å². The Kier molecular flexibility index (Phi) is 5.22. The van der Waals surface area contributed by atoms with E-state index in [4.69, 9.17) is 21.9 Å². The molecule has 29 heavy (non-hydrogen) atoms. The fraction of sp³-hybridized carbons (Fsp3) is 0.400. The highest BCUT2D eigenvalue weighted by atomic mass is 32.2. The Morgan fingerprint density at radius 1 is 1.28 bits per heavy atom. The van der Waals surface area contributed by atoms with Crippen LogP contribution in [-0.2, 0) is 9.53 Å². The maximum Gasteiger partial charge on any atom is 0.267 e. The van der Waals surface area contributed by atoms with Crippen LogP contribution in [-0.4, -0.2) is 56.9 Å². The summed E-state index contributed by atoms with van der Waals surface area (Å²) in [6.07, 6.45) is 3.36. The zero-order chi connectivity index (χ0) is 20.9. The van der Waals surface area contributed by atoms with E-state index in [1.807, 2.05) is 32.9 Å². The summed E-state index contributed by atoms with van der Waals surface area (Å²) in [5, 5.41) is 0. The van der Waals surface area contributed by atoms with E-state index in [0.29, 0.717) is 39.3 Å². The lowest BCUT2D eigenvalue weighted by atomic mass is 10.1. The monoisotopic (exact) mass is 430 g/mol. The van der Waals surface area contributed by atoms with Crippen molar-refractivity contribution in [2.45, 2.75) is 33.0 Å². The molecule has 2 saturated heterocycles. The van der Waals surface area contributed by atoms with E-state index in [1.165, 1.54) is 21.1 Å². The second kappa shape index (κ2) is 7.55. The molecule has 0 N–H and O–H groups in total. The second-order valence-electron chi connectivity index (χ2n) is 7.44. The van der Waals surface area contributed by atoms with Crippen molar-refractivity contribution < 1.29 is 9.53 Å². The van der Waals surface area contributed by atoms with Gasteiger partial charge < -0.3 is 9.64 Å². The zero-order valence-electron chi connectivity index (χ0n) is 16.7. The molecule has 2 aromatic heterocycles. The van der Waals surface area contributed by atoms with Crippen LogP contribution < -0.4 is 10.5 Å². The summed E-state index contributed by atoms with van der Waals surface area (Å²) >= 11 is 6.43. The minimum Gasteiger partial charge on any atom is -0.372 e. The van der Waals surface area contributed by atoms with Gasteiger partial charge in [0.1, 0.15) is 15.8 Å². The number of fused-ring (bicyclic) bond motifs is 1. The number of rotatable bonds is 2. The van der Waals surface area contributed by atoms with E-state index in [0.717, 1.165) is 5.56 Å². The molecular formula is C20H22N4O3S2. The molecule has 0 spiro atoms. The lowest BCUT2D eigenvalue weighted by Crippen LogP contribution is -2.46. The average Bonchev–Trinajstić information content (AvgIpc) is 2.90. The molecule has 0 saturated carbocycles. The van der Waals surface area contributed by atoms with Crippen molar-refractivity contribution in [3.8, 4) is 0 Å². The molecule has 2 aromatic rings. The highest BCUT2D eigenvalue weighted by Crippen LogP contribution is 2.33. The Morgan fingerprint density at radius 3 is 2.59 bits per heavy atom. The molecule has 2 fully saturated rings. The first kappa shape index (κ1) is 20.1. The summed E-state index contributed by atoms with van der Waals surface area (Å²) in [7, 11) is 1.64. The predicted octanol–water partition coefficient (Wildman–Crippen LogP) is 2.45. The molecule has 4 heterocycles. The lowest BCUT2D eigenvalue weighted by molar-refractivity contribution is -0.121. The van der Waals surface area contributed by atoms with E-state index in [1.54, 1.807) is 19.3 Å². The number of aromatic nitrogens is 2. The van der Waals surface area contributed by atoms with Crippen molar-refractivity contribution in [3.63, 3.8) is 0 Å². The molecule has 2 atom stereocenters. The largest absolute Gasteiger partial charge is 0.372 e. The Bertz CT molecular complexity index is 1100. The molecule has 7 nitrogen and oxygen atoms in total. The highest BCUT2D eigenvalue weighted by molar-refractivity contribution is 8.26. The van der Waals surface area contributed by atoms with Gasteiger partial charge in [0.25, 0.3) is 11.5 Å². The standard InChI is InChI=1S/C20H22N4O3S2/c1-11-6-5-7-24-16(11)21-17(23-9-12(2)27-13(3)10-23)14(18(24)25)8-15-19(26)22(4)20(28)29-15/h5-8,12-13H,9-10H2,1-4H3/b15-8+/t12-,13-/m1/s1. The van der Waals surface area contributed by atoms with Crippen molar-refractivity contribution in [2.24, 2.45) is 0 Å².